The molecule has 0 radical (unpaired) electrons. The predicted octanol–water partition coefficient (Wildman–Crippen LogP) is 3.42. The van der Waals surface area contributed by atoms with Gasteiger partial charge in [-0.1, -0.05) is 19.8 Å². The first-order valence-electron chi connectivity index (χ1n) is 7.85. The SMILES string of the molecule is CCC1CCC(C(Cc2ccn(C(C)C)n2)NC)C1. The van der Waals surface area contributed by atoms with Crippen molar-refractivity contribution in [3.8, 4) is 0 Å². The van der Waals surface area contributed by atoms with Crippen LogP contribution in [0.4, 0.5) is 0 Å². The molecule has 1 aliphatic rings. The van der Waals surface area contributed by atoms with E-state index in [1.54, 1.807) is 0 Å². The zero-order chi connectivity index (χ0) is 13.8. The Bertz CT molecular complexity index is 383. The average molecular weight is 263 g/mol. The summed E-state index contributed by atoms with van der Waals surface area (Å²) in [5.41, 5.74) is 1.23. The number of hydrogen-bond donors (Lipinski definition) is 1. The van der Waals surface area contributed by atoms with Crippen molar-refractivity contribution in [3.05, 3.63) is 18.0 Å². The largest absolute Gasteiger partial charge is 0.316 e. The Labute approximate surface area is 117 Å². The first kappa shape index (κ1) is 14.6. The topological polar surface area (TPSA) is 29.9 Å². The number of nitrogens with zero attached hydrogens (tertiary/aromatic N) is 2. The highest BCUT2D eigenvalue weighted by molar-refractivity contribution is 5.03. The quantitative estimate of drug-likeness (QED) is 0.852. The van der Waals surface area contributed by atoms with E-state index in [0.29, 0.717) is 12.1 Å². The van der Waals surface area contributed by atoms with Crippen molar-refractivity contribution in [1.82, 2.24) is 15.1 Å². The van der Waals surface area contributed by atoms with E-state index in [1.165, 1.54) is 31.4 Å². The summed E-state index contributed by atoms with van der Waals surface area (Å²) >= 11 is 0. The maximum Gasteiger partial charge on any atom is 0.0640 e. The number of hydrogen-bond acceptors (Lipinski definition) is 2. The fourth-order valence-corrected chi connectivity index (χ4v) is 3.35. The first-order valence-corrected chi connectivity index (χ1v) is 7.85. The van der Waals surface area contributed by atoms with Crippen LogP contribution in [0.3, 0.4) is 0 Å². The summed E-state index contributed by atoms with van der Waals surface area (Å²) in [6, 6.07) is 3.22. The summed E-state index contributed by atoms with van der Waals surface area (Å²) in [7, 11) is 2.10. The fourth-order valence-electron chi connectivity index (χ4n) is 3.35. The molecule has 1 saturated carbocycles. The molecule has 108 valence electrons. The van der Waals surface area contributed by atoms with Crippen molar-refractivity contribution >= 4 is 0 Å². The van der Waals surface area contributed by atoms with E-state index < -0.39 is 0 Å². The summed E-state index contributed by atoms with van der Waals surface area (Å²) in [4.78, 5) is 0. The number of aromatic nitrogens is 2. The molecule has 3 atom stereocenters. The van der Waals surface area contributed by atoms with Gasteiger partial charge in [0, 0.05) is 24.7 Å². The number of likely N-dealkylation sites (N-methyl/N-ethyl adjacent to an activating group) is 1. The van der Waals surface area contributed by atoms with Crippen molar-refractivity contribution in [2.24, 2.45) is 11.8 Å². The van der Waals surface area contributed by atoms with Gasteiger partial charge >= 0.3 is 0 Å². The van der Waals surface area contributed by atoms with E-state index in [2.05, 4.69) is 55.2 Å². The van der Waals surface area contributed by atoms with Crippen LogP contribution in [0.5, 0.6) is 0 Å². The van der Waals surface area contributed by atoms with Gasteiger partial charge < -0.3 is 5.32 Å². The number of rotatable bonds is 6. The van der Waals surface area contributed by atoms with E-state index in [1.807, 2.05) is 0 Å². The molecule has 3 nitrogen and oxygen atoms in total. The molecule has 0 spiro atoms. The second kappa shape index (κ2) is 6.56. The van der Waals surface area contributed by atoms with Gasteiger partial charge in [0.05, 0.1) is 5.69 Å². The molecule has 1 heterocycles. The van der Waals surface area contributed by atoms with Gasteiger partial charge in [-0.15, -0.1) is 0 Å². The summed E-state index contributed by atoms with van der Waals surface area (Å²) in [5, 5.41) is 8.21. The fraction of sp³-hybridized carbons (Fsp3) is 0.812. The predicted molar refractivity (Wildman–Crippen MR) is 80.3 cm³/mol. The van der Waals surface area contributed by atoms with Gasteiger partial charge in [-0.2, -0.15) is 5.10 Å². The molecule has 2 rings (SSSR count). The molecule has 1 aliphatic carbocycles. The first-order chi connectivity index (χ1) is 9.13. The minimum absolute atomic E-state index is 0.456. The van der Waals surface area contributed by atoms with Gasteiger partial charge in [0.2, 0.25) is 0 Å². The Hall–Kier alpha value is -0.830. The highest BCUT2D eigenvalue weighted by Crippen LogP contribution is 2.35. The van der Waals surface area contributed by atoms with Crippen molar-refractivity contribution < 1.29 is 0 Å². The van der Waals surface area contributed by atoms with Crippen LogP contribution in [-0.2, 0) is 6.42 Å². The molecule has 1 aromatic heterocycles. The molecule has 0 aliphatic heterocycles. The molecule has 1 fully saturated rings. The molecule has 1 N–H and O–H groups in total. The second-order valence-electron chi connectivity index (χ2n) is 6.33. The molecule has 0 amide bonds. The Morgan fingerprint density at radius 2 is 2.21 bits per heavy atom. The normalized spacial score (nSPS) is 25.1. The third-order valence-electron chi connectivity index (χ3n) is 4.72. The molecular formula is C16H29N3. The van der Waals surface area contributed by atoms with Crippen LogP contribution in [0.2, 0.25) is 0 Å². The third-order valence-corrected chi connectivity index (χ3v) is 4.72. The van der Waals surface area contributed by atoms with Crippen LogP contribution in [0.15, 0.2) is 12.3 Å². The van der Waals surface area contributed by atoms with Crippen LogP contribution >= 0.6 is 0 Å². The second-order valence-corrected chi connectivity index (χ2v) is 6.33. The van der Waals surface area contributed by atoms with E-state index in [4.69, 9.17) is 0 Å². The van der Waals surface area contributed by atoms with Gasteiger partial charge in [0.1, 0.15) is 0 Å². The molecule has 3 heteroatoms. The Kier molecular flexibility index (Phi) is 5.03. The van der Waals surface area contributed by atoms with Crippen LogP contribution < -0.4 is 5.32 Å². The summed E-state index contributed by atoms with van der Waals surface area (Å²) in [6.45, 7) is 6.68. The Morgan fingerprint density at radius 1 is 1.42 bits per heavy atom. The lowest BCUT2D eigenvalue weighted by Gasteiger charge is -2.22. The smallest absolute Gasteiger partial charge is 0.0640 e. The highest BCUT2D eigenvalue weighted by Gasteiger charge is 2.29. The summed E-state index contributed by atoms with van der Waals surface area (Å²) in [6.07, 6.45) is 8.71. The molecule has 19 heavy (non-hydrogen) atoms. The molecule has 3 unspecified atom stereocenters. The van der Waals surface area contributed by atoms with Crippen LogP contribution in [-0.4, -0.2) is 22.9 Å². The van der Waals surface area contributed by atoms with Gasteiger partial charge in [-0.3, -0.25) is 4.68 Å². The van der Waals surface area contributed by atoms with E-state index in [9.17, 15) is 0 Å². The van der Waals surface area contributed by atoms with Crippen molar-refractivity contribution in [3.63, 3.8) is 0 Å². The Morgan fingerprint density at radius 3 is 2.74 bits per heavy atom. The van der Waals surface area contributed by atoms with Gasteiger partial charge in [-0.05, 0) is 51.6 Å². The van der Waals surface area contributed by atoms with Crippen LogP contribution in [0, 0.1) is 11.8 Å². The van der Waals surface area contributed by atoms with E-state index in [-0.39, 0.29) is 0 Å². The summed E-state index contributed by atoms with van der Waals surface area (Å²) in [5.74, 6) is 1.79. The van der Waals surface area contributed by atoms with E-state index >= 15 is 0 Å². The zero-order valence-electron chi connectivity index (χ0n) is 12.9. The number of nitrogens with one attached hydrogen (secondary N) is 1. The third kappa shape index (κ3) is 3.59. The molecular weight excluding hydrogens is 234 g/mol. The maximum absolute atomic E-state index is 4.68. The van der Waals surface area contributed by atoms with E-state index in [0.717, 1.165) is 18.3 Å². The monoisotopic (exact) mass is 263 g/mol. The zero-order valence-corrected chi connectivity index (χ0v) is 12.9. The van der Waals surface area contributed by atoms with Gasteiger partial charge in [0.15, 0.2) is 0 Å². The minimum Gasteiger partial charge on any atom is -0.316 e. The maximum atomic E-state index is 4.68. The lowest BCUT2D eigenvalue weighted by Crippen LogP contribution is -2.34. The lowest BCUT2D eigenvalue weighted by molar-refractivity contribution is 0.358. The molecule has 0 saturated heterocycles. The lowest BCUT2D eigenvalue weighted by atomic mass is 9.92. The minimum atomic E-state index is 0.456. The summed E-state index contributed by atoms with van der Waals surface area (Å²) < 4.78 is 2.06. The van der Waals surface area contributed by atoms with Crippen molar-refractivity contribution in [2.45, 2.75) is 65.0 Å². The van der Waals surface area contributed by atoms with Crippen molar-refractivity contribution in [1.29, 1.82) is 0 Å². The standard InChI is InChI=1S/C16H29N3/c1-5-13-6-7-14(10-13)16(17-4)11-15-8-9-19(18-15)12(2)3/h8-9,12-14,16-17H,5-7,10-11H2,1-4H3. The van der Waals surface area contributed by atoms with Crippen LogP contribution in [0.1, 0.15) is 58.2 Å². The highest BCUT2D eigenvalue weighted by atomic mass is 15.3. The van der Waals surface area contributed by atoms with Crippen LogP contribution in [0.25, 0.3) is 0 Å². The molecule has 0 aromatic carbocycles. The van der Waals surface area contributed by atoms with Crippen molar-refractivity contribution in [2.75, 3.05) is 7.05 Å². The average Bonchev–Trinajstić information content (AvgIpc) is 3.04. The Balaban J connectivity index is 1.95. The van der Waals surface area contributed by atoms with Gasteiger partial charge in [0.25, 0.3) is 0 Å². The molecule has 0 bridgehead atoms. The van der Waals surface area contributed by atoms with Gasteiger partial charge in [-0.25, -0.2) is 0 Å². The molecule has 1 aromatic rings.